The van der Waals surface area contributed by atoms with Gasteiger partial charge in [-0.1, -0.05) is 19.1 Å². The maximum Gasteiger partial charge on any atom is 0.265 e. The Hall–Kier alpha value is -3.11. The van der Waals surface area contributed by atoms with E-state index in [4.69, 9.17) is 9.47 Å². The van der Waals surface area contributed by atoms with Crippen molar-refractivity contribution in [1.82, 2.24) is 5.32 Å². The summed E-state index contributed by atoms with van der Waals surface area (Å²) in [5.74, 6) is -0.250. The fourth-order valence-corrected chi connectivity index (χ4v) is 4.03. The largest absolute Gasteiger partial charge is 0.481 e. The van der Waals surface area contributed by atoms with Crippen LogP contribution in [0.3, 0.4) is 0 Å². The molecule has 2 amide bonds. The molecule has 2 aromatic carbocycles. The number of hydrogen-bond donors (Lipinski definition) is 2. The summed E-state index contributed by atoms with van der Waals surface area (Å²) in [6.07, 6.45) is 2.64. The van der Waals surface area contributed by atoms with Crippen LogP contribution >= 0.6 is 0 Å². The number of ether oxygens (including phenoxy) is 2. The molecule has 0 saturated carbocycles. The first-order valence-corrected chi connectivity index (χ1v) is 13.0. The van der Waals surface area contributed by atoms with E-state index in [0.29, 0.717) is 42.3 Å². The number of nitrogens with zero attached hydrogens (tertiary/aromatic N) is 1. The van der Waals surface area contributed by atoms with E-state index in [1.807, 2.05) is 6.92 Å². The lowest BCUT2D eigenvalue weighted by Gasteiger charge is -2.20. The maximum atomic E-state index is 12.9. The summed E-state index contributed by atoms with van der Waals surface area (Å²) in [4.78, 5) is 25.6. The van der Waals surface area contributed by atoms with Crippen LogP contribution in [-0.2, 0) is 19.6 Å². The maximum absolute atomic E-state index is 12.9. The van der Waals surface area contributed by atoms with Gasteiger partial charge in [-0.25, -0.2) is 8.42 Å². The van der Waals surface area contributed by atoms with Gasteiger partial charge in [-0.3, -0.25) is 13.9 Å². The number of carbonyl (C=O) groups excluding carboxylic acids is 2. The highest BCUT2D eigenvalue weighted by Crippen LogP contribution is 2.22. The Kier molecular flexibility index (Phi) is 8.51. The van der Waals surface area contributed by atoms with E-state index < -0.39 is 16.1 Å². The van der Waals surface area contributed by atoms with Crippen LogP contribution in [0, 0.1) is 0 Å². The summed E-state index contributed by atoms with van der Waals surface area (Å²) in [5, 5.41) is 5.67. The Balaban J connectivity index is 1.64. The molecule has 0 radical (unpaired) electrons. The standard InChI is InChI=1S/C24H31N3O6S/c1-4-22(33-18-13-11-17(12-14-18)27(2)34(3,30)31)24(29)26-21-10-6-5-9-20(21)23(28)25-16-19-8-7-15-32-19/h5-6,9-14,19,22H,4,7-8,15-16H2,1-3H3,(H,25,28)(H,26,29)/t19-,22-/m1/s1. The smallest absolute Gasteiger partial charge is 0.265 e. The summed E-state index contributed by atoms with van der Waals surface area (Å²) in [6, 6.07) is 13.2. The molecule has 184 valence electrons. The second-order valence-corrected chi connectivity index (χ2v) is 10.1. The molecule has 0 aliphatic carbocycles. The number of para-hydroxylation sites is 1. The van der Waals surface area contributed by atoms with E-state index in [-0.39, 0.29) is 17.9 Å². The lowest BCUT2D eigenvalue weighted by atomic mass is 10.1. The quantitative estimate of drug-likeness (QED) is 0.531. The van der Waals surface area contributed by atoms with E-state index >= 15 is 0 Å². The average Bonchev–Trinajstić information content (AvgIpc) is 3.34. The van der Waals surface area contributed by atoms with E-state index in [2.05, 4.69) is 10.6 Å². The number of nitrogens with one attached hydrogen (secondary N) is 2. The lowest BCUT2D eigenvalue weighted by Crippen LogP contribution is -2.35. The summed E-state index contributed by atoms with van der Waals surface area (Å²) in [5.41, 5.74) is 1.23. The zero-order chi connectivity index (χ0) is 24.7. The van der Waals surface area contributed by atoms with Gasteiger partial charge in [0, 0.05) is 20.2 Å². The van der Waals surface area contributed by atoms with E-state index in [1.54, 1.807) is 48.5 Å². The molecular weight excluding hydrogens is 458 g/mol. The van der Waals surface area contributed by atoms with Crippen LogP contribution in [0.15, 0.2) is 48.5 Å². The number of amides is 2. The highest BCUT2D eigenvalue weighted by molar-refractivity contribution is 7.92. The van der Waals surface area contributed by atoms with Gasteiger partial charge in [0.05, 0.1) is 29.3 Å². The molecule has 2 aromatic rings. The van der Waals surface area contributed by atoms with Gasteiger partial charge < -0.3 is 20.1 Å². The van der Waals surface area contributed by atoms with Crippen LogP contribution < -0.4 is 19.7 Å². The molecule has 1 aliphatic rings. The van der Waals surface area contributed by atoms with Gasteiger partial charge in [-0.05, 0) is 55.7 Å². The van der Waals surface area contributed by atoms with Crippen LogP contribution in [0.4, 0.5) is 11.4 Å². The van der Waals surface area contributed by atoms with Gasteiger partial charge >= 0.3 is 0 Å². The predicted molar refractivity (Wildman–Crippen MR) is 131 cm³/mol. The molecule has 1 heterocycles. The van der Waals surface area contributed by atoms with Crippen LogP contribution in [0.2, 0.25) is 0 Å². The minimum absolute atomic E-state index is 0.0205. The monoisotopic (exact) mass is 489 g/mol. The van der Waals surface area contributed by atoms with Crippen molar-refractivity contribution in [1.29, 1.82) is 0 Å². The van der Waals surface area contributed by atoms with Crippen LogP contribution in [0.1, 0.15) is 36.5 Å². The zero-order valence-corrected chi connectivity index (χ0v) is 20.4. The van der Waals surface area contributed by atoms with Gasteiger partial charge in [0.2, 0.25) is 10.0 Å². The molecule has 0 unspecified atom stereocenters. The van der Waals surface area contributed by atoms with Crippen molar-refractivity contribution in [3.63, 3.8) is 0 Å². The Morgan fingerprint density at radius 3 is 2.50 bits per heavy atom. The summed E-state index contributed by atoms with van der Waals surface area (Å²) >= 11 is 0. The molecule has 9 nitrogen and oxygen atoms in total. The number of benzene rings is 2. The fourth-order valence-electron chi connectivity index (χ4n) is 3.52. The molecule has 0 bridgehead atoms. The normalized spacial score (nSPS) is 16.5. The van der Waals surface area contributed by atoms with E-state index in [1.165, 1.54) is 7.05 Å². The van der Waals surface area contributed by atoms with Crippen molar-refractivity contribution >= 4 is 33.2 Å². The van der Waals surface area contributed by atoms with Crippen LogP contribution in [-0.4, -0.2) is 58.9 Å². The van der Waals surface area contributed by atoms with Gasteiger partial charge in [0.15, 0.2) is 6.10 Å². The Labute approximate surface area is 200 Å². The van der Waals surface area contributed by atoms with Crippen molar-refractivity contribution in [2.75, 3.05) is 36.1 Å². The summed E-state index contributed by atoms with van der Waals surface area (Å²) in [6.45, 7) is 2.95. The van der Waals surface area contributed by atoms with E-state index in [0.717, 1.165) is 23.4 Å². The van der Waals surface area contributed by atoms with E-state index in [9.17, 15) is 18.0 Å². The Morgan fingerprint density at radius 1 is 1.18 bits per heavy atom. The van der Waals surface area contributed by atoms with Gasteiger partial charge in [0.25, 0.3) is 11.8 Å². The highest BCUT2D eigenvalue weighted by atomic mass is 32.2. The molecule has 2 atom stereocenters. The predicted octanol–water partition coefficient (Wildman–Crippen LogP) is 2.79. The third-order valence-electron chi connectivity index (χ3n) is 5.58. The third kappa shape index (κ3) is 6.71. The molecule has 3 rings (SSSR count). The van der Waals surface area contributed by atoms with Gasteiger partial charge in [-0.2, -0.15) is 0 Å². The first kappa shape index (κ1) is 25.5. The Morgan fingerprint density at radius 2 is 1.88 bits per heavy atom. The minimum Gasteiger partial charge on any atom is -0.481 e. The van der Waals surface area contributed by atoms with Gasteiger partial charge in [-0.15, -0.1) is 0 Å². The lowest BCUT2D eigenvalue weighted by molar-refractivity contribution is -0.122. The Bertz CT molecular complexity index is 1100. The molecular formula is C24H31N3O6S. The zero-order valence-electron chi connectivity index (χ0n) is 19.6. The third-order valence-corrected chi connectivity index (χ3v) is 6.79. The topological polar surface area (TPSA) is 114 Å². The number of anilines is 2. The van der Waals surface area contributed by atoms with Gasteiger partial charge in [0.1, 0.15) is 5.75 Å². The molecule has 0 aromatic heterocycles. The average molecular weight is 490 g/mol. The number of rotatable bonds is 10. The second-order valence-electron chi connectivity index (χ2n) is 8.12. The van der Waals surface area contributed by atoms with Crippen molar-refractivity contribution in [2.45, 2.75) is 38.4 Å². The SMILES string of the molecule is CC[C@@H](Oc1ccc(N(C)S(C)(=O)=O)cc1)C(=O)Nc1ccccc1C(=O)NC[C@H]1CCCO1. The first-order valence-electron chi connectivity index (χ1n) is 11.2. The number of carbonyl (C=O) groups is 2. The van der Waals surface area contributed by atoms with Crippen molar-refractivity contribution in [3.05, 3.63) is 54.1 Å². The molecule has 1 aliphatic heterocycles. The summed E-state index contributed by atoms with van der Waals surface area (Å²) in [7, 11) is -1.92. The number of hydrogen-bond acceptors (Lipinski definition) is 6. The molecule has 1 fully saturated rings. The second kappa shape index (κ2) is 11.3. The fraction of sp³-hybridized carbons (Fsp3) is 0.417. The molecule has 1 saturated heterocycles. The first-order chi connectivity index (χ1) is 16.2. The van der Waals surface area contributed by atoms with Crippen LogP contribution in [0.25, 0.3) is 0 Å². The van der Waals surface area contributed by atoms with Crippen LogP contribution in [0.5, 0.6) is 5.75 Å². The molecule has 34 heavy (non-hydrogen) atoms. The summed E-state index contributed by atoms with van der Waals surface area (Å²) < 4.78 is 35.9. The molecule has 2 N–H and O–H groups in total. The van der Waals surface area contributed by atoms with Crippen molar-refractivity contribution in [3.8, 4) is 5.75 Å². The molecule has 10 heteroatoms. The minimum atomic E-state index is -3.38. The highest BCUT2D eigenvalue weighted by Gasteiger charge is 2.22. The number of sulfonamides is 1. The van der Waals surface area contributed by atoms with Crippen molar-refractivity contribution < 1.29 is 27.5 Å². The molecule has 0 spiro atoms. The van der Waals surface area contributed by atoms with Crippen molar-refractivity contribution in [2.24, 2.45) is 0 Å².